The molecular formula is C27H44N2O2. The van der Waals surface area contributed by atoms with Gasteiger partial charge in [-0.2, -0.15) is 0 Å². The highest BCUT2D eigenvalue weighted by Gasteiger charge is 2.40. The van der Waals surface area contributed by atoms with Crippen LogP contribution in [0.2, 0.25) is 0 Å². The summed E-state index contributed by atoms with van der Waals surface area (Å²) >= 11 is 0. The Morgan fingerprint density at radius 1 is 0.871 bits per heavy atom. The van der Waals surface area contributed by atoms with Gasteiger partial charge in [0, 0.05) is 37.9 Å². The van der Waals surface area contributed by atoms with Crippen molar-refractivity contribution in [3.05, 3.63) is 17.7 Å². The van der Waals surface area contributed by atoms with E-state index in [0.29, 0.717) is 30.0 Å². The van der Waals surface area contributed by atoms with Gasteiger partial charge in [0.25, 0.3) is 0 Å². The number of hydrogen-bond acceptors (Lipinski definition) is 4. The molecule has 1 saturated heterocycles. The summed E-state index contributed by atoms with van der Waals surface area (Å²) in [6, 6.07) is 4.63. The second-order valence-electron chi connectivity index (χ2n) is 11.7. The van der Waals surface area contributed by atoms with Crippen LogP contribution < -0.4 is 14.4 Å². The van der Waals surface area contributed by atoms with E-state index in [-0.39, 0.29) is 0 Å². The number of ether oxygens (including phenoxy) is 2. The average molecular weight is 429 g/mol. The molecule has 0 bridgehead atoms. The first-order chi connectivity index (χ1) is 14.8. The smallest absolute Gasteiger partial charge is 0.163 e. The molecule has 1 aromatic carbocycles. The van der Waals surface area contributed by atoms with E-state index in [1.165, 1.54) is 69.4 Å². The quantitative estimate of drug-likeness (QED) is 0.512. The molecular weight excluding hydrogens is 384 g/mol. The number of nitrogens with zero attached hydrogens (tertiary/aromatic N) is 2. The van der Waals surface area contributed by atoms with E-state index in [0.717, 1.165) is 24.6 Å². The van der Waals surface area contributed by atoms with Gasteiger partial charge >= 0.3 is 0 Å². The standard InChI is InChI=1S/C27H44N2O2/c1-6-7-8-9-28-10-12-29(13-11-28)23-17-25-24(30-14-15-31-25)16-22(23)21-18-26(2,3)20-27(4,5)19-21/h16-17,21H,6-15,18-20H2,1-5H3. The molecule has 1 saturated carbocycles. The summed E-state index contributed by atoms with van der Waals surface area (Å²) in [4.78, 5) is 5.27. The van der Waals surface area contributed by atoms with Crippen LogP contribution in [0.3, 0.4) is 0 Å². The Morgan fingerprint density at radius 3 is 2.10 bits per heavy atom. The van der Waals surface area contributed by atoms with Crippen LogP contribution in [0.5, 0.6) is 11.5 Å². The molecule has 2 fully saturated rings. The van der Waals surface area contributed by atoms with Crippen LogP contribution >= 0.6 is 0 Å². The summed E-state index contributed by atoms with van der Waals surface area (Å²) < 4.78 is 12.0. The number of unbranched alkanes of at least 4 members (excludes halogenated alkanes) is 2. The highest BCUT2D eigenvalue weighted by Crippen LogP contribution is 2.54. The Kier molecular flexibility index (Phi) is 6.76. The van der Waals surface area contributed by atoms with E-state index in [1.807, 2.05) is 0 Å². The summed E-state index contributed by atoms with van der Waals surface area (Å²) in [5.74, 6) is 2.46. The summed E-state index contributed by atoms with van der Waals surface area (Å²) in [5.41, 5.74) is 3.63. The number of benzene rings is 1. The second-order valence-corrected chi connectivity index (χ2v) is 11.7. The lowest BCUT2D eigenvalue weighted by atomic mass is 9.60. The number of hydrogen-bond donors (Lipinski definition) is 0. The van der Waals surface area contributed by atoms with Crippen LogP contribution in [-0.2, 0) is 0 Å². The Morgan fingerprint density at radius 2 is 1.48 bits per heavy atom. The third-order valence-electron chi connectivity index (χ3n) is 7.48. The van der Waals surface area contributed by atoms with E-state index >= 15 is 0 Å². The van der Waals surface area contributed by atoms with Gasteiger partial charge in [-0.1, -0.05) is 47.5 Å². The molecule has 4 heteroatoms. The summed E-state index contributed by atoms with van der Waals surface area (Å²) in [7, 11) is 0. The van der Waals surface area contributed by atoms with Crippen LogP contribution in [0.1, 0.15) is 84.6 Å². The van der Waals surface area contributed by atoms with Crippen LogP contribution in [0.15, 0.2) is 12.1 Å². The van der Waals surface area contributed by atoms with E-state index < -0.39 is 0 Å². The maximum Gasteiger partial charge on any atom is 0.163 e. The van der Waals surface area contributed by atoms with Gasteiger partial charge in [-0.25, -0.2) is 0 Å². The van der Waals surface area contributed by atoms with Gasteiger partial charge < -0.3 is 14.4 Å². The molecule has 0 amide bonds. The molecule has 0 unspecified atom stereocenters. The van der Waals surface area contributed by atoms with Gasteiger partial charge in [0.2, 0.25) is 0 Å². The first-order valence-electron chi connectivity index (χ1n) is 12.7. The number of fused-ring (bicyclic) bond motifs is 1. The fraction of sp³-hybridized carbons (Fsp3) is 0.778. The fourth-order valence-corrected chi connectivity index (χ4v) is 6.56. The lowest BCUT2D eigenvalue weighted by molar-refractivity contribution is 0.0966. The molecule has 0 aromatic heterocycles. The molecule has 2 aliphatic heterocycles. The van der Waals surface area contributed by atoms with E-state index in [4.69, 9.17) is 9.47 Å². The Balaban J connectivity index is 1.58. The SMILES string of the molecule is CCCCCN1CCN(c2cc3c(cc2C2CC(C)(C)CC(C)(C)C2)OCCO3)CC1. The van der Waals surface area contributed by atoms with E-state index in [9.17, 15) is 0 Å². The lowest BCUT2D eigenvalue weighted by Crippen LogP contribution is -2.47. The van der Waals surface area contributed by atoms with Crippen LogP contribution in [-0.4, -0.2) is 50.8 Å². The predicted molar refractivity (Wildman–Crippen MR) is 130 cm³/mol. The molecule has 1 aromatic rings. The highest BCUT2D eigenvalue weighted by molar-refractivity contribution is 5.64. The topological polar surface area (TPSA) is 24.9 Å². The molecule has 4 nitrogen and oxygen atoms in total. The van der Waals surface area contributed by atoms with Crippen molar-refractivity contribution in [3.8, 4) is 11.5 Å². The highest BCUT2D eigenvalue weighted by atomic mass is 16.6. The Hall–Kier alpha value is -1.42. The van der Waals surface area contributed by atoms with Crippen molar-refractivity contribution >= 4 is 5.69 Å². The number of piperazine rings is 1. The number of anilines is 1. The van der Waals surface area contributed by atoms with Crippen LogP contribution in [0.4, 0.5) is 5.69 Å². The minimum absolute atomic E-state index is 0.370. The van der Waals surface area contributed by atoms with Crippen molar-refractivity contribution in [1.29, 1.82) is 0 Å². The summed E-state index contributed by atoms with van der Waals surface area (Å²) in [6.45, 7) is 19.2. The van der Waals surface area contributed by atoms with E-state index in [1.54, 1.807) is 0 Å². The Labute approximate surface area is 190 Å². The van der Waals surface area contributed by atoms with Crippen molar-refractivity contribution < 1.29 is 9.47 Å². The maximum atomic E-state index is 6.02. The molecule has 2 heterocycles. The van der Waals surface area contributed by atoms with E-state index in [2.05, 4.69) is 56.6 Å². The fourth-order valence-electron chi connectivity index (χ4n) is 6.56. The van der Waals surface area contributed by atoms with Crippen LogP contribution in [0, 0.1) is 10.8 Å². The summed E-state index contributed by atoms with van der Waals surface area (Å²) in [6.07, 6.45) is 7.78. The molecule has 0 atom stereocenters. The molecule has 0 spiro atoms. The van der Waals surface area contributed by atoms with Gasteiger partial charge in [-0.3, -0.25) is 4.90 Å². The number of rotatable bonds is 6. The second kappa shape index (κ2) is 9.21. The van der Waals surface area contributed by atoms with Gasteiger partial charge in [0.05, 0.1) is 0 Å². The molecule has 4 rings (SSSR count). The third kappa shape index (κ3) is 5.50. The summed E-state index contributed by atoms with van der Waals surface area (Å²) in [5, 5.41) is 0. The molecule has 0 N–H and O–H groups in total. The van der Waals surface area contributed by atoms with Gasteiger partial charge in [0.1, 0.15) is 13.2 Å². The van der Waals surface area contributed by atoms with Crippen molar-refractivity contribution in [2.45, 2.75) is 79.1 Å². The average Bonchev–Trinajstić information content (AvgIpc) is 2.71. The zero-order valence-corrected chi connectivity index (χ0v) is 20.6. The van der Waals surface area contributed by atoms with Crippen LogP contribution in [0.25, 0.3) is 0 Å². The molecule has 3 aliphatic rings. The van der Waals surface area contributed by atoms with Gasteiger partial charge in [0.15, 0.2) is 11.5 Å². The lowest BCUT2D eigenvalue weighted by Gasteiger charge is -2.46. The van der Waals surface area contributed by atoms with Crippen molar-refractivity contribution in [2.24, 2.45) is 10.8 Å². The zero-order valence-electron chi connectivity index (χ0n) is 20.6. The van der Waals surface area contributed by atoms with Crippen molar-refractivity contribution in [1.82, 2.24) is 4.90 Å². The molecule has 31 heavy (non-hydrogen) atoms. The Bertz CT molecular complexity index is 734. The molecule has 1 aliphatic carbocycles. The normalized spacial score (nSPS) is 23.7. The minimum atomic E-state index is 0.370. The maximum absolute atomic E-state index is 6.02. The first-order valence-corrected chi connectivity index (χ1v) is 12.7. The third-order valence-corrected chi connectivity index (χ3v) is 7.48. The molecule has 174 valence electrons. The minimum Gasteiger partial charge on any atom is -0.486 e. The van der Waals surface area contributed by atoms with Gasteiger partial charge in [-0.05, 0) is 60.6 Å². The van der Waals surface area contributed by atoms with Gasteiger partial charge in [-0.15, -0.1) is 0 Å². The molecule has 0 radical (unpaired) electrons. The zero-order chi connectivity index (χ0) is 22.1. The predicted octanol–water partition coefficient (Wildman–Crippen LogP) is 6.09. The van der Waals surface area contributed by atoms with Crippen molar-refractivity contribution in [3.63, 3.8) is 0 Å². The first kappa shape index (κ1) is 22.8. The van der Waals surface area contributed by atoms with Crippen molar-refractivity contribution in [2.75, 3.05) is 50.8 Å². The monoisotopic (exact) mass is 428 g/mol. The largest absolute Gasteiger partial charge is 0.486 e.